The number of hydrazine groups is 1. The summed E-state index contributed by atoms with van der Waals surface area (Å²) in [5.74, 6) is 5.24. The summed E-state index contributed by atoms with van der Waals surface area (Å²) in [6, 6.07) is 2.86. The molecule has 0 unspecified atom stereocenters. The van der Waals surface area contributed by atoms with Crippen LogP contribution in [0.5, 0.6) is 0 Å². The zero-order valence-corrected chi connectivity index (χ0v) is 9.31. The lowest BCUT2D eigenvalue weighted by Gasteiger charge is -2.08. The fourth-order valence-corrected chi connectivity index (χ4v) is 2.33. The van der Waals surface area contributed by atoms with Crippen molar-refractivity contribution in [1.82, 2.24) is 10.1 Å². The molecule has 0 radical (unpaired) electrons. The van der Waals surface area contributed by atoms with Crippen LogP contribution in [0.2, 0.25) is 0 Å². The van der Waals surface area contributed by atoms with Crippen LogP contribution in [-0.2, 0) is 10.0 Å². The fourth-order valence-electron chi connectivity index (χ4n) is 1.18. The molecule has 4 N–H and O–H groups in total. The maximum atomic E-state index is 12.0. The molecule has 0 aliphatic heterocycles. The highest BCUT2D eigenvalue weighted by molar-refractivity contribution is 7.92. The van der Waals surface area contributed by atoms with Gasteiger partial charge in [0.25, 0.3) is 10.0 Å². The van der Waals surface area contributed by atoms with E-state index in [1.807, 2.05) is 0 Å². The van der Waals surface area contributed by atoms with Crippen LogP contribution in [0.25, 0.3) is 0 Å². The van der Waals surface area contributed by atoms with Gasteiger partial charge < -0.3 is 9.95 Å². The van der Waals surface area contributed by atoms with Crippen molar-refractivity contribution in [3.8, 4) is 0 Å². The van der Waals surface area contributed by atoms with Crippen LogP contribution in [0.4, 0.5) is 11.5 Å². The molecule has 0 spiro atoms. The van der Waals surface area contributed by atoms with Crippen molar-refractivity contribution in [3.05, 3.63) is 30.8 Å². The first-order chi connectivity index (χ1) is 8.13. The van der Waals surface area contributed by atoms with Crippen molar-refractivity contribution in [2.75, 3.05) is 10.1 Å². The zero-order chi connectivity index (χ0) is 12.3. The molecule has 0 aliphatic rings. The van der Waals surface area contributed by atoms with Gasteiger partial charge >= 0.3 is 0 Å². The summed E-state index contributed by atoms with van der Waals surface area (Å²) in [4.78, 5) is 3.73. The van der Waals surface area contributed by atoms with E-state index >= 15 is 0 Å². The van der Waals surface area contributed by atoms with Crippen LogP contribution in [-0.4, -0.2) is 18.6 Å². The van der Waals surface area contributed by atoms with Crippen molar-refractivity contribution in [2.45, 2.75) is 4.90 Å². The Hall–Kier alpha value is -2.13. The molecule has 0 bridgehead atoms. The smallest absolute Gasteiger partial charge is 0.265 e. The highest BCUT2D eigenvalue weighted by Gasteiger charge is 2.19. The third kappa shape index (κ3) is 2.34. The standard InChI is InChI=1S/C8H9N5O3S/c9-12-8-7(2-1-3-10-8)17(14,15)13-6-4-11-16-5-6/h1-5,13H,9H2,(H,10,12). The minimum atomic E-state index is -3.78. The number of pyridine rings is 1. The summed E-state index contributed by atoms with van der Waals surface area (Å²) in [5.41, 5.74) is 2.43. The number of hydrogen-bond acceptors (Lipinski definition) is 7. The Morgan fingerprint density at radius 1 is 1.41 bits per heavy atom. The number of sulfonamides is 1. The minimum Gasteiger partial charge on any atom is -0.362 e. The number of anilines is 2. The Balaban J connectivity index is 2.38. The fraction of sp³-hybridized carbons (Fsp3) is 0. The van der Waals surface area contributed by atoms with Crippen molar-refractivity contribution < 1.29 is 12.9 Å². The average molecular weight is 255 g/mol. The van der Waals surface area contributed by atoms with Crippen LogP contribution >= 0.6 is 0 Å². The number of rotatable bonds is 4. The molecule has 9 heteroatoms. The number of nitrogens with two attached hydrogens (primary N) is 1. The monoisotopic (exact) mass is 255 g/mol. The highest BCUT2D eigenvalue weighted by Crippen LogP contribution is 2.20. The van der Waals surface area contributed by atoms with Crippen LogP contribution in [0.3, 0.4) is 0 Å². The predicted octanol–water partition coefficient (Wildman–Crippen LogP) is 0.156. The number of nitrogens with one attached hydrogen (secondary N) is 2. The molecule has 0 saturated heterocycles. The second-order valence-corrected chi connectivity index (χ2v) is 4.66. The summed E-state index contributed by atoms with van der Waals surface area (Å²) in [7, 11) is -3.78. The van der Waals surface area contributed by atoms with Gasteiger partial charge in [0.05, 0.1) is 6.20 Å². The number of nitrogen functional groups attached to an aromatic ring is 1. The van der Waals surface area contributed by atoms with E-state index in [2.05, 4.69) is 24.8 Å². The number of hydrogen-bond donors (Lipinski definition) is 3. The third-order valence-corrected chi connectivity index (χ3v) is 3.29. The van der Waals surface area contributed by atoms with Crippen molar-refractivity contribution in [1.29, 1.82) is 0 Å². The molecule has 0 amide bonds. The maximum Gasteiger partial charge on any atom is 0.265 e. The first-order valence-electron chi connectivity index (χ1n) is 4.47. The lowest BCUT2D eigenvalue weighted by molar-refractivity contribution is 0.420. The van der Waals surface area contributed by atoms with Gasteiger partial charge in [0.2, 0.25) is 0 Å². The zero-order valence-electron chi connectivity index (χ0n) is 8.49. The molecule has 0 aromatic carbocycles. The Morgan fingerprint density at radius 3 is 2.88 bits per heavy atom. The van der Waals surface area contributed by atoms with E-state index in [0.717, 1.165) is 0 Å². The summed E-state index contributed by atoms with van der Waals surface area (Å²) in [6.45, 7) is 0. The molecule has 90 valence electrons. The summed E-state index contributed by atoms with van der Waals surface area (Å²) in [6.07, 6.45) is 3.83. The van der Waals surface area contributed by atoms with Gasteiger partial charge in [-0.25, -0.2) is 19.2 Å². The second kappa shape index (κ2) is 4.39. The van der Waals surface area contributed by atoms with Gasteiger partial charge in [-0.1, -0.05) is 5.16 Å². The molecular formula is C8H9N5O3S. The van der Waals surface area contributed by atoms with Gasteiger partial charge in [-0.3, -0.25) is 4.72 Å². The van der Waals surface area contributed by atoms with E-state index in [-0.39, 0.29) is 16.4 Å². The Kier molecular flexibility index (Phi) is 2.93. The van der Waals surface area contributed by atoms with Crippen LogP contribution in [0.1, 0.15) is 0 Å². The molecule has 0 atom stereocenters. The largest absolute Gasteiger partial charge is 0.362 e. The topological polar surface area (TPSA) is 123 Å². The maximum absolute atomic E-state index is 12.0. The quantitative estimate of drug-likeness (QED) is 0.525. The molecule has 2 aromatic rings. The highest BCUT2D eigenvalue weighted by atomic mass is 32.2. The second-order valence-electron chi connectivity index (χ2n) is 3.01. The summed E-state index contributed by atoms with van der Waals surface area (Å²) in [5, 5.41) is 3.38. The molecule has 0 saturated carbocycles. The molecule has 2 heterocycles. The van der Waals surface area contributed by atoms with Gasteiger partial charge in [-0.15, -0.1) is 0 Å². The Bertz CT molecular complexity index is 595. The average Bonchev–Trinajstić information content (AvgIpc) is 2.81. The molecule has 0 aliphatic carbocycles. The van der Waals surface area contributed by atoms with Crippen molar-refractivity contribution in [2.24, 2.45) is 5.84 Å². The SMILES string of the molecule is NNc1ncccc1S(=O)(=O)Nc1cnoc1. The first kappa shape index (κ1) is 11.4. The van der Waals surface area contributed by atoms with E-state index in [1.165, 1.54) is 30.8 Å². The normalized spacial score (nSPS) is 11.1. The molecule has 8 nitrogen and oxygen atoms in total. The van der Waals surface area contributed by atoms with E-state index in [1.54, 1.807) is 0 Å². The van der Waals surface area contributed by atoms with E-state index in [0.29, 0.717) is 0 Å². The molecule has 0 fully saturated rings. The first-order valence-corrected chi connectivity index (χ1v) is 5.95. The van der Waals surface area contributed by atoms with Crippen LogP contribution in [0.15, 0.2) is 40.2 Å². The molecule has 2 aromatic heterocycles. The number of aromatic nitrogens is 2. The van der Waals surface area contributed by atoms with E-state index < -0.39 is 10.0 Å². The van der Waals surface area contributed by atoms with Gasteiger partial charge in [0.15, 0.2) is 5.82 Å². The summed E-state index contributed by atoms with van der Waals surface area (Å²) >= 11 is 0. The predicted molar refractivity (Wildman–Crippen MR) is 59.4 cm³/mol. The van der Waals surface area contributed by atoms with E-state index in [9.17, 15) is 8.42 Å². The van der Waals surface area contributed by atoms with Crippen LogP contribution in [0, 0.1) is 0 Å². The summed E-state index contributed by atoms with van der Waals surface area (Å²) < 4.78 is 30.7. The van der Waals surface area contributed by atoms with Gasteiger partial charge in [0, 0.05) is 6.20 Å². The number of nitrogens with zero attached hydrogens (tertiary/aromatic N) is 2. The molecular weight excluding hydrogens is 246 g/mol. The molecule has 2 rings (SSSR count). The Morgan fingerprint density at radius 2 is 2.24 bits per heavy atom. The van der Waals surface area contributed by atoms with Gasteiger partial charge in [0.1, 0.15) is 16.8 Å². The Labute approximate surface area is 96.8 Å². The van der Waals surface area contributed by atoms with E-state index in [4.69, 9.17) is 5.84 Å². The van der Waals surface area contributed by atoms with Gasteiger partial charge in [-0.2, -0.15) is 0 Å². The van der Waals surface area contributed by atoms with Gasteiger partial charge in [-0.05, 0) is 12.1 Å². The van der Waals surface area contributed by atoms with Crippen LogP contribution < -0.4 is 16.0 Å². The lowest BCUT2D eigenvalue weighted by Crippen LogP contribution is -2.18. The molecule has 17 heavy (non-hydrogen) atoms. The lowest BCUT2D eigenvalue weighted by atomic mass is 10.5. The third-order valence-electron chi connectivity index (χ3n) is 1.88. The van der Waals surface area contributed by atoms with Crippen molar-refractivity contribution in [3.63, 3.8) is 0 Å². The minimum absolute atomic E-state index is 0.0523. The van der Waals surface area contributed by atoms with Crippen molar-refractivity contribution >= 4 is 21.5 Å².